The SMILES string of the molecule is CCC(CCO)CNCC1=Cc2cc(Cl)cc(Cl)c2OC1. The maximum atomic E-state index is 8.99. The number of aliphatic hydroxyl groups excluding tert-OH is 1. The van der Waals surface area contributed by atoms with Crippen molar-refractivity contribution in [3.05, 3.63) is 33.3 Å². The Labute approximate surface area is 135 Å². The van der Waals surface area contributed by atoms with Gasteiger partial charge >= 0.3 is 0 Å². The van der Waals surface area contributed by atoms with Crippen molar-refractivity contribution in [2.24, 2.45) is 5.92 Å². The molecule has 1 heterocycles. The number of hydrogen-bond donors (Lipinski definition) is 2. The second-order valence-corrected chi connectivity index (χ2v) is 6.16. The quantitative estimate of drug-likeness (QED) is 0.800. The largest absolute Gasteiger partial charge is 0.487 e. The number of hydrogen-bond acceptors (Lipinski definition) is 3. The lowest BCUT2D eigenvalue weighted by atomic mass is 10.0. The Kier molecular flexibility index (Phi) is 6.37. The summed E-state index contributed by atoms with van der Waals surface area (Å²) in [5.74, 6) is 1.22. The molecule has 1 aliphatic rings. The lowest BCUT2D eigenvalue weighted by Crippen LogP contribution is -2.27. The van der Waals surface area contributed by atoms with E-state index in [-0.39, 0.29) is 6.61 Å². The van der Waals surface area contributed by atoms with Gasteiger partial charge in [-0.15, -0.1) is 0 Å². The van der Waals surface area contributed by atoms with E-state index in [4.69, 9.17) is 33.0 Å². The van der Waals surface area contributed by atoms with Gasteiger partial charge in [-0.05, 0) is 42.7 Å². The second kappa shape index (κ2) is 8.04. The molecule has 1 aliphatic heterocycles. The summed E-state index contributed by atoms with van der Waals surface area (Å²) in [7, 11) is 0. The average molecular weight is 330 g/mol. The van der Waals surface area contributed by atoms with Gasteiger partial charge in [0.2, 0.25) is 0 Å². The first-order valence-electron chi connectivity index (χ1n) is 7.27. The molecule has 21 heavy (non-hydrogen) atoms. The van der Waals surface area contributed by atoms with E-state index >= 15 is 0 Å². The molecule has 0 amide bonds. The summed E-state index contributed by atoms with van der Waals surface area (Å²) in [5.41, 5.74) is 2.10. The summed E-state index contributed by atoms with van der Waals surface area (Å²) < 4.78 is 5.71. The third-order valence-electron chi connectivity index (χ3n) is 3.70. The topological polar surface area (TPSA) is 41.5 Å². The number of ether oxygens (including phenoxy) is 1. The normalized spacial score (nSPS) is 15.1. The Hall–Kier alpha value is -0.740. The van der Waals surface area contributed by atoms with Crippen molar-refractivity contribution >= 4 is 29.3 Å². The van der Waals surface area contributed by atoms with Gasteiger partial charge in [0.05, 0.1) is 5.02 Å². The van der Waals surface area contributed by atoms with Crippen LogP contribution in [0.1, 0.15) is 25.3 Å². The van der Waals surface area contributed by atoms with E-state index in [0.717, 1.165) is 31.5 Å². The number of benzene rings is 1. The number of halogens is 2. The Balaban J connectivity index is 1.94. The molecule has 0 aliphatic carbocycles. The molecular weight excluding hydrogens is 309 g/mol. The molecule has 1 aromatic rings. The molecule has 0 bridgehead atoms. The van der Waals surface area contributed by atoms with E-state index in [2.05, 4.69) is 18.3 Å². The summed E-state index contributed by atoms with van der Waals surface area (Å²) in [6.07, 6.45) is 3.99. The first-order valence-corrected chi connectivity index (χ1v) is 8.02. The predicted octanol–water partition coefficient (Wildman–Crippen LogP) is 3.77. The number of aliphatic hydroxyl groups is 1. The van der Waals surface area contributed by atoms with Crippen molar-refractivity contribution in [2.45, 2.75) is 19.8 Å². The van der Waals surface area contributed by atoms with Gasteiger partial charge in [-0.2, -0.15) is 0 Å². The van der Waals surface area contributed by atoms with E-state index in [1.165, 1.54) is 5.57 Å². The standard InChI is InChI=1S/C16H21Cl2NO2/c1-2-11(3-4-20)8-19-9-12-5-13-6-14(17)7-15(18)16(13)21-10-12/h5-7,11,19-20H,2-4,8-10H2,1H3. The number of nitrogens with one attached hydrogen (secondary N) is 1. The Bertz CT molecular complexity index is 517. The molecule has 0 saturated heterocycles. The smallest absolute Gasteiger partial charge is 0.145 e. The minimum Gasteiger partial charge on any atom is -0.487 e. The molecule has 1 unspecified atom stereocenters. The van der Waals surface area contributed by atoms with Crippen LogP contribution in [-0.4, -0.2) is 31.4 Å². The average Bonchev–Trinajstić information content (AvgIpc) is 2.45. The van der Waals surface area contributed by atoms with Gasteiger partial charge in [-0.3, -0.25) is 0 Å². The Morgan fingerprint density at radius 3 is 2.90 bits per heavy atom. The molecular formula is C16H21Cl2NO2. The molecule has 0 aromatic heterocycles. The van der Waals surface area contributed by atoms with Crippen molar-refractivity contribution in [3.63, 3.8) is 0 Å². The van der Waals surface area contributed by atoms with Crippen LogP contribution >= 0.6 is 23.2 Å². The van der Waals surface area contributed by atoms with Crippen LogP contribution in [0.2, 0.25) is 10.0 Å². The van der Waals surface area contributed by atoms with Crippen LogP contribution in [0.4, 0.5) is 0 Å². The maximum absolute atomic E-state index is 8.99. The van der Waals surface area contributed by atoms with Gasteiger partial charge in [-0.1, -0.05) is 36.5 Å². The molecule has 3 nitrogen and oxygen atoms in total. The fraction of sp³-hybridized carbons (Fsp3) is 0.500. The summed E-state index contributed by atoms with van der Waals surface area (Å²) in [5, 5.41) is 13.6. The van der Waals surface area contributed by atoms with Crippen LogP contribution in [-0.2, 0) is 0 Å². The summed E-state index contributed by atoms with van der Waals surface area (Å²) in [6.45, 7) is 4.60. The van der Waals surface area contributed by atoms with Gasteiger partial charge < -0.3 is 15.2 Å². The minimum absolute atomic E-state index is 0.246. The van der Waals surface area contributed by atoms with E-state index in [1.807, 2.05) is 6.07 Å². The van der Waals surface area contributed by atoms with Gasteiger partial charge in [0.1, 0.15) is 12.4 Å². The van der Waals surface area contributed by atoms with E-state index in [9.17, 15) is 0 Å². The van der Waals surface area contributed by atoms with Gasteiger partial charge in [0.15, 0.2) is 0 Å². The van der Waals surface area contributed by atoms with E-state index < -0.39 is 0 Å². The zero-order valence-corrected chi connectivity index (χ0v) is 13.7. The van der Waals surface area contributed by atoms with Gasteiger partial charge in [0, 0.05) is 23.7 Å². The lowest BCUT2D eigenvalue weighted by molar-refractivity contribution is 0.251. The molecule has 5 heteroatoms. The molecule has 2 rings (SSSR count). The van der Waals surface area contributed by atoms with Crippen LogP contribution < -0.4 is 10.1 Å². The molecule has 1 aromatic carbocycles. The van der Waals surface area contributed by atoms with Crippen molar-refractivity contribution in [2.75, 3.05) is 26.3 Å². The molecule has 1 atom stereocenters. The predicted molar refractivity (Wildman–Crippen MR) is 88.3 cm³/mol. The number of rotatable bonds is 7. The van der Waals surface area contributed by atoms with E-state index in [1.54, 1.807) is 6.07 Å². The fourth-order valence-electron chi connectivity index (χ4n) is 2.44. The first-order chi connectivity index (χ1) is 10.1. The lowest BCUT2D eigenvalue weighted by Gasteiger charge is -2.21. The van der Waals surface area contributed by atoms with Crippen molar-refractivity contribution in [1.29, 1.82) is 0 Å². The fourth-order valence-corrected chi connectivity index (χ4v) is 3.00. The zero-order valence-electron chi connectivity index (χ0n) is 12.2. The molecule has 116 valence electrons. The first kappa shape index (κ1) is 16.6. The monoisotopic (exact) mass is 329 g/mol. The maximum Gasteiger partial charge on any atom is 0.145 e. The van der Waals surface area contributed by atoms with Crippen molar-refractivity contribution in [3.8, 4) is 5.75 Å². The summed E-state index contributed by atoms with van der Waals surface area (Å²) in [4.78, 5) is 0. The van der Waals surface area contributed by atoms with Crippen LogP contribution in [0.25, 0.3) is 6.08 Å². The van der Waals surface area contributed by atoms with Crippen LogP contribution in [0.3, 0.4) is 0 Å². The Morgan fingerprint density at radius 2 is 2.19 bits per heavy atom. The highest BCUT2D eigenvalue weighted by Gasteiger charge is 2.15. The molecule has 0 radical (unpaired) electrons. The van der Waals surface area contributed by atoms with Crippen LogP contribution in [0.15, 0.2) is 17.7 Å². The van der Waals surface area contributed by atoms with Crippen LogP contribution in [0, 0.1) is 5.92 Å². The summed E-state index contributed by atoms with van der Waals surface area (Å²) >= 11 is 12.1. The summed E-state index contributed by atoms with van der Waals surface area (Å²) in [6, 6.07) is 3.56. The minimum atomic E-state index is 0.246. The number of fused-ring (bicyclic) bond motifs is 1. The third kappa shape index (κ3) is 4.62. The Morgan fingerprint density at radius 1 is 1.38 bits per heavy atom. The van der Waals surface area contributed by atoms with Crippen molar-refractivity contribution < 1.29 is 9.84 Å². The molecule has 0 spiro atoms. The molecule has 0 fully saturated rings. The highest BCUT2D eigenvalue weighted by atomic mass is 35.5. The van der Waals surface area contributed by atoms with Crippen molar-refractivity contribution in [1.82, 2.24) is 5.32 Å². The van der Waals surface area contributed by atoms with Gasteiger partial charge in [0.25, 0.3) is 0 Å². The highest BCUT2D eigenvalue weighted by Crippen LogP contribution is 2.36. The van der Waals surface area contributed by atoms with E-state index in [0.29, 0.717) is 28.3 Å². The van der Waals surface area contributed by atoms with Crippen LogP contribution in [0.5, 0.6) is 5.75 Å². The third-order valence-corrected chi connectivity index (χ3v) is 4.20. The highest BCUT2D eigenvalue weighted by molar-refractivity contribution is 6.36. The zero-order chi connectivity index (χ0) is 15.2. The second-order valence-electron chi connectivity index (χ2n) is 5.31. The van der Waals surface area contributed by atoms with Gasteiger partial charge in [-0.25, -0.2) is 0 Å². The molecule has 0 saturated carbocycles. The molecule has 2 N–H and O–H groups in total.